The molecule has 0 saturated carbocycles. The molecular formula is C33H38N4O3S. The van der Waals surface area contributed by atoms with Gasteiger partial charge in [0.05, 0.1) is 11.4 Å². The molecule has 1 aromatic heterocycles. The van der Waals surface area contributed by atoms with Gasteiger partial charge in [-0.05, 0) is 85.5 Å². The van der Waals surface area contributed by atoms with Gasteiger partial charge in [-0.25, -0.2) is 18.1 Å². The summed E-state index contributed by atoms with van der Waals surface area (Å²) in [7, 11) is -3.71. The summed E-state index contributed by atoms with van der Waals surface area (Å²) < 4.78 is 31.7. The van der Waals surface area contributed by atoms with E-state index in [4.69, 9.17) is 0 Å². The number of fused-ring (bicyclic) bond motifs is 1. The second-order valence-electron chi connectivity index (χ2n) is 10.9. The summed E-state index contributed by atoms with van der Waals surface area (Å²) in [5.74, 6) is 0.853. The Morgan fingerprint density at radius 1 is 1.10 bits per heavy atom. The van der Waals surface area contributed by atoms with Crippen LogP contribution in [-0.2, 0) is 34.3 Å². The number of nitrogens with zero attached hydrogens (tertiary/aromatic N) is 3. The van der Waals surface area contributed by atoms with Gasteiger partial charge in [0, 0.05) is 37.1 Å². The number of carbonyl (C=O) groups is 1. The first-order valence-electron chi connectivity index (χ1n) is 14.3. The molecule has 0 fully saturated rings. The first kappa shape index (κ1) is 28.8. The molecule has 1 amide bonds. The number of rotatable bonds is 10. The lowest BCUT2D eigenvalue weighted by molar-refractivity contribution is -0.119. The molecule has 1 aliphatic carbocycles. The van der Waals surface area contributed by atoms with Crippen LogP contribution >= 0.6 is 0 Å². The monoisotopic (exact) mass is 570 g/mol. The van der Waals surface area contributed by atoms with E-state index in [0.29, 0.717) is 19.4 Å². The van der Waals surface area contributed by atoms with Crippen molar-refractivity contribution in [2.75, 3.05) is 4.90 Å². The maximum Gasteiger partial charge on any atom is 0.241 e. The van der Waals surface area contributed by atoms with E-state index in [2.05, 4.69) is 35.7 Å². The minimum absolute atomic E-state index is 0.000318. The molecule has 0 spiro atoms. The molecule has 0 bridgehead atoms. The first-order valence-corrected chi connectivity index (χ1v) is 15.8. The average Bonchev–Trinajstić information content (AvgIpc) is 3.43. The van der Waals surface area contributed by atoms with Gasteiger partial charge in [0.2, 0.25) is 15.9 Å². The van der Waals surface area contributed by atoms with E-state index >= 15 is 0 Å². The molecule has 214 valence electrons. The van der Waals surface area contributed by atoms with Gasteiger partial charge in [-0.15, -0.1) is 0 Å². The molecule has 2 atom stereocenters. The second kappa shape index (κ2) is 12.4. The first-order chi connectivity index (χ1) is 19.7. The SMILES string of the molecule is CCn1ccnc1CN(C(=O)C[C@H](C)c1ccccc1)c1ccc2c(c1)[C@H](NS(=O)(=O)c1cccc(C)c1)CCC2. The number of sulfonamides is 1. The van der Waals surface area contributed by atoms with E-state index in [1.165, 1.54) is 0 Å². The van der Waals surface area contributed by atoms with Crippen LogP contribution in [0.3, 0.4) is 0 Å². The van der Waals surface area contributed by atoms with Crippen molar-refractivity contribution in [1.82, 2.24) is 14.3 Å². The zero-order valence-electron chi connectivity index (χ0n) is 24.0. The fraction of sp³-hybridized carbons (Fsp3) is 0.333. The van der Waals surface area contributed by atoms with Crippen LogP contribution in [0.25, 0.3) is 0 Å². The van der Waals surface area contributed by atoms with E-state index in [0.717, 1.165) is 53.2 Å². The Hall–Kier alpha value is -3.75. The number of amides is 1. The van der Waals surface area contributed by atoms with Crippen LogP contribution in [0.4, 0.5) is 5.69 Å². The van der Waals surface area contributed by atoms with Crippen molar-refractivity contribution in [2.45, 2.75) is 76.4 Å². The van der Waals surface area contributed by atoms with Crippen LogP contribution in [0.15, 0.2) is 90.1 Å². The van der Waals surface area contributed by atoms with Crippen molar-refractivity contribution in [3.8, 4) is 0 Å². The van der Waals surface area contributed by atoms with E-state index in [1.807, 2.05) is 60.2 Å². The molecule has 0 aliphatic heterocycles. The summed E-state index contributed by atoms with van der Waals surface area (Å²) in [6.45, 7) is 7.10. The lowest BCUT2D eigenvalue weighted by Gasteiger charge is -2.30. The number of hydrogen-bond acceptors (Lipinski definition) is 4. The fourth-order valence-corrected chi connectivity index (χ4v) is 6.98. The Bertz CT molecular complexity index is 1610. The third-order valence-corrected chi connectivity index (χ3v) is 9.41. The Balaban J connectivity index is 1.47. The molecule has 1 heterocycles. The van der Waals surface area contributed by atoms with Crippen molar-refractivity contribution in [3.63, 3.8) is 0 Å². The largest absolute Gasteiger partial charge is 0.334 e. The molecule has 0 radical (unpaired) electrons. The summed E-state index contributed by atoms with van der Waals surface area (Å²) in [5.41, 5.74) is 4.80. The van der Waals surface area contributed by atoms with Crippen molar-refractivity contribution in [1.29, 1.82) is 0 Å². The predicted octanol–water partition coefficient (Wildman–Crippen LogP) is 6.29. The number of hydrogen-bond donors (Lipinski definition) is 1. The van der Waals surface area contributed by atoms with Crippen LogP contribution < -0.4 is 9.62 Å². The highest BCUT2D eigenvalue weighted by atomic mass is 32.2. The van der Waals surface area contributed by atoms with Crippen molar-refractivity contribution >= 4 is 21.6 Å². The quantitative estimate of drug-likeness (QED) is 0.243. The van der Waals surface area contributed by atoms with E-state index in [9.17, 15) is 13.2 Å². The van der Waals surface area contributed by atoms with Gasteiger partial charge in [0.1, 0.15) is 5.82 Å². The van der Waals surface area contributed by atoms with E-state index in [-0.39, 0.29) is 22.8 Å². The molecule has 8 heteroatoms. The molecule has 5 rings (SSSR count). The van der Waals surface area contributed by atoms with Crippen molar-refractivity contribution < 1.29 is 13.2 Å². The van der Waals surface area contributed by atoms with Crippen molar-refractivity contribution in [3.05, 3.63) is 113 Å². The maximum atomic E-state index is 13.9. The molecule has 4 aromatic rings. The second-order valence-corrected chi connectivity index (χ2v) is 12.6. The van der Waals surface area contributed by atoms with Gasteiger partial charge in [-0.1, -0.05) is 55.5 Å². The molecule has 41 heavy (non-hydrogen) atoms. The zero-order valence-corrected chi connectivity index (χ0v) is 24.8. The normalized spacial score (nSPS) is 15.7. The minimum atomic E-state index is -3.71. The molecule has 7 nitrogen and oxygen atoms in total. The Morgan fingerprint density at radius 3 is 2.66 bits per heavy atom. The number of benzene rings is 3. The van der Waals surface area contributed by atoms with Crippen LogP contribution in [0, 0.1) is 6.92 Å². The third kappa shape index (κ3) is 6.60. The topological polar surface area (TPSA) is 84.3 Å². The van der Waals surface area contributed by atoms with Crippen LogP contribution in [0.1, 0.15) is 73.1 Å². The number of imidazole rings is 1. The highest BCUT2D eigenvalue weighted by Crippen LogP contribution is 2.35. The summed E-state index contributed by atoms with van der Waals surface area (Å²) in [6.07, 6.45) is 6.48. The van der Waals surface area contributed by atoms with Gasteiger partial charge in [0.25, 0.3) is 0 Å². The predicted molar refractivity (Wildman–Crippen MR) is 162 cm³/mol. The fourth-order valence-electron chi connectivity index (χ4n) is 5.63. The molecule has 1 aliphatic rings. The van der Waals surface area contributed by atoms with Gasteiger partial charge >= 0.3 is 0 Å². The number of aryl methyl sites for hydroxylation is 3. The Morgan fingerprint density at radius 2 is 1.90 bits per heavy atom. The highest BCUT2D eigenvalue weighted by molar-refractivity contribution is 7.89. The highest BCUT2D eigenvalue weighted by Gasteiger charge is 2.28. The maximum absolute atomic E-state index is 13.9. The van der Waals surface area contributed by atoms with Gasteiger partial charge in [0.15, 0.2) is 0 Å². The summed E-state index contributed by atoms with van der Waals surface area (Å²) >= 11 is 0. The number of anilines is 1. The van der Waals surface area contributed by atoms with Crippen LogP contribution in [0.5, 0.6) is 0 Å². The number of aromatic nitrogens is 2. The Labute approximate surface area is 243 Å². The van der Waals surface area contributed by atoms with Crippen LogP contribution in [0.2, 0.25) is 0 Å². The van der Waals surface area contributed by atoms with Gasteiger partial charge < -0.3 is 9.47 Å². The summed E-state index contributed by atoms with van der Waals surface area (Å²) in [6, 6.07) is 22.7. The van der Waals surface area contributed by atoms with E-state index in [1.54, 1.807) is 29.3 Å². The van der Waals surface area contributed by atoms with Crippen molar-refractivity contribution in [2.24, 2.45) is 0 Å². The number of nitrogens with one attached hydrogen (secondary N) is 1. The standard InChI is InChI=1S/C33H38N4O3S/c1-4-36-19-18-34-32(36)23-37(33(38)21-25(3)26-11-6-5-7-12-26)28-17-16-27-13-9-15-31(30(27)22-28)35-41(39,40)29-14-8-10-24(2)20-29/h5-8,10-12,14,16-20,22,25,31,35H,4,9,13,15,21,23H2,1-3H3/t25-,31+/m0/s1. The molecule has 1 N–H and O–H groups in total. The smallest absolute Gasteiger partial charge is 0.241 e. The lowest BCUT2D eigenvalue weighted by atomic mass is 9.87. The third-order valence-electron chi connectivity index (χ3n) is 7.95. The molecule has 0 saturated heterocycles. The summed E-state index contributed by atoms with van der Waals surface area (Å²) in [4.78, 5) is 20.5. The Kier molecular flexibility index (Phi) is 8.71. The van der Waals surface area contributed by atoms with Gasteiger partial charge in [-0.2, -0.15) is 0 Å². The molecule has 3 aromatic carbocycles. The summed E-state index contributed by atoms with van der Waals surface area (Å²) in [5, 5.41) is 0. The molecular weight excluding hydrogens is 532 g/mol. The zero-order chi connectivity index (χ0) is 29.0. The minimum Gasteiger partial charge on any atom is -0.334 e. The van der Waals surface area contributed by atoms with E-state index < -0.39 is 10.0 Å². The average molecular weight is 571 g/mol. The van der Waals surface area contributed by atoms with Gasteiger partial charge in [-0.3, -0.25) is 4.79 Å². The molecule has 0 unspecified atom stereocenters. The lowest BCUT2D eigenvalue weighted by Crippen LogP contribution is -2.34. The number of carbonyl (C=O) groups excluding carboxylic acids is 1. The van der Waals surface area contributed by atoms with Crippen LogP contribution in [-0.4, -0.2) is 23.9 Å².